The normalized spacial score (nSPS) is 20.2. The van der Waals surface area contributed by atoms with E-state index in [4.69, 9.17) is 46.4 Å². The number of carbonyl (C=O) groups is 1. The van der Waals surface area contributed by atoms with Crippen LogP contribution in [0.1, 0.15) is 19.4 Å². The van der Waals surface area contributed by atoms with E-state index in [0.717, 1.165) is 9.90 Å². The van der Waals surface area contributed by atoms with E-state index >= 15 is 0 Å². The van der Waals surface area contributed by atoms with E-state index in [0.29, 0.717) is 20.9 Å². The molecule has 27 heavy (non-hydrogen) atoms. The summed E-state index contributed by atoms with van der Waals surface area (Å²) in [6.45, 7) is 4.01. The molecule has 144 valence electrons. The molecule has 1 aromatic carbocycles. The van der Waals surface area contributed by atoms with Crippen LogP contribution in [0.4, 0.5) is 5.13 Å². The van der Waals surface area contributed by atoms with Crippen molar-refractivity contribution in [1.82, 2.24) is 10.2 Å². The molecule has 0 radical (unpaired) electrons. The zero-order valence-corrected chi connectivity index (χ0v) is 19.0. The van der Waals surface area contributed by atoms with Gasteiger partial charge in [-0.1, -0.05) is 89.4 Å². The quantitative estimate of drug-likeness (QED) is 0.369. The van der Waals surface area contributed by atoms with Crippen LogP contribution in [0.3, 0.4) is 0 Å². The summed E-state index contributed by atoms with van der Waals surface area (Å²) in [5.74, 6) is 0.341. The number of allylic oxidation sites excluding steroid dienone is 1. The van der Waals surface area contributed by atoms with E-state index < -0.39 is 0 Å². The average molecular weight is 483 g/mol. The van der Waals surface area contributed by atoms with E-state index in [9.17, 15) is 4.79 Å². The van der Waals surface area contributed by atoms with Crippen LogP contribution in [0, 0.1) is 17.3 Å². The van der Waals surface area contributed by atoms with Gasteiger partial charge in [0.2, 0.25) is 11.0 Å². The number of hydrogen-bond acceptors (Lipinski definition) is 5. The molecule has 0 spiro atoms. The Morgan fingerprint density at radius 2 is 2.07 bits per heavy atom. The molecule has 10 heteroatoms. The first-order valence-corrected chi connectivity index (χ1v) is 11.2. The molecule has 0 bridgehead atoms. The van der Waals surface area contributed by atoms with Crippen molar-refractivity contribution in [3.8, 4) is 0 Å². The summed E-state index contributed by atoms with van der Waals surface area (Å²) in [5, 5.41) is 12.7. The summed E-state index contributed by atoms with van der Waals surface area (Å²) in [5.41, 5.74) is 0.770. The molecule has 1 aromatic heterocycles. The summed E-state index contributed by atoms with van der Waals surface area (Å²) < 4.78 is 0.922. The van der Waals surface area contributed by atoms with Crippen molar-refractivity contribution in [1.29, 1.82) is 0 Å². The van der Waals surface area contributed by atoms with Gasteiger partial charge in [-0.3, -0.25) is 4.79 Å². The minimum Gasteiger partial charge on any atom is -0.300 e. The lowest BCUT2D eigenvalue weighted by Gasteiger charge is -2.02. The molecule has 3 rings (SSSR count). The zero-order chi connectivity index (χ0) is 19.8. The Labute approximate surface area is 185 Å². The molecule has 1 heterocycles. The molecule has 2 unspecified atom stereocenters. The molecule has 4 nitrogen and oxygen atoms in total. The monoisotopic (exact) mass is 481 g/mol. The smallest absolute Gasteiger partial charge is 0.230 e. The Morgan fingerprint density at radius 3 is 2.74 bits per heavy atom. The van der Waals surface area contributed by atoms with Gasteiger partial charge in [-0.25, -0.2) is 0 Å². The number of aromatic nitrogens is 2. The summed E-state index contributed by atoms with van der Waals surface area (Å²) in [4.78, 5) is 12.5. The largest absolute Gasteiger partial charge is 0.300 e. The maximum absolute atomic E-state index is 12.5. The van der Waals surface area contributed by atoms with Crippen molar-refractivity contribution in [2.75, 3.05) is 5.32 Å². The van der Waals surface area contributed by atoms with Gasteiger partial charge in [-0.2, -0.15) is 0 Å². The van der Waals surface area contributed by atoms with Crippen LogP contribution in [0.5, 0.6) is 0 Å². The molecule has 1 N–H and O–H groups in total. The fraction of sp³-hybridized carbons (Fsp3) is 0.353. The number of amides is 1. The highest BCUT2D eigenvalue weighted by Gasteiger charge is 2.60. The molecule has 0 saturated heterocycles. The first kappa shape index (κ1) is 21.2. The number of benzene rings is 1. The second-order valence-corrected chi connectivity index (χ2v) is 10.7. The first-order valence-electron chi connectivity index (χ1n) is 7.92. The van der Waals surface area contributed by atoms with E-state index in [1.807, 2.05) is 19.9 Å². The van der Waals surface area contributed by atoms with Gasteiger partial charge in [0, 0.05) is 15.8 Å². The third-order valence-corrected chi connectivity index (χ3v) is 7.36. The van der Waals surface area contributed by atoms with Gasteiger partial charge in [-0.15, -0.1) is 10.2 Å². The Morgan fingerprint density at radius 1 is 1.33 bits per heavy atom. The van der Waals surface area contributed by atoms with E-state index in [-0.39, 0.29) is 27.6 Å². The fourth-order valence-corrected chi connectivity index (χ4v) is 5.49. The van der Waals surface area contributed by atoms with Crippen LogP contribution >= 0.6 is 69.5 Å². The lowest BCUT2D eigenvalue weighted by atomic mass is 10.1. The molecule has 1 aliphatic carbocycles. The van der Waals surface area contributed by atoms with Crippen molar-refractivity contribution in [2.45, 2.75) is 23.9 Å². The minimum absolute atomic E-state index is 0.0105. The number of nitrogens with one attached hydrogen (secondary N) is 1. The maximum atomic E-state index is 12.5. The zero-order valence-electron chi connectivity index (χ0n) is 14.3. The van der Waals surface area contributed by atoms with Crippen molar-refractivity contribution in [3.63, 3.8) is 0 Å². The van der Waals surface area contributed by atoms with Gasteiger partial charge in [0.15, 0.2) is 4.34 Å². The number of hydrogen-bond donors (Lipinski definition) is 1. The minimum atomic E-state index is -0.196. The lowest BCUT2D eigenvalue weighted by molar-refractivity contribution is -0.118. The standard InChI is InChI=1S/C17H15Cl4N3OS2/c1-17(2)10(6-12(20)21)13(17)14(25)22-15-23-24-16(27-15)26-7-8-3-4-9(18)5-11(8)19/h3-6,10,13H,7H2,1-2H3,(H,22,23,25). The van der Waals surface area contributed by atoms with Gasteiger partial charge in [0.25, 0.3) is 0 Å². The molecular formula is C17H15Cl4N3OS2. The topological polar surface area (TPSA) is 54.9 Å². The maximum Gasteiger partial charge on any atom is 0.230 e. The Kier molecular flexibility index (Phi) is 6.66. The second kappa shape index (κ2) is 8.47. The molecule has 0 aliphatic heterocycles. The number of thioether (sulfide) groups is 1. The van der Waals surface area contributed by atoms with Gasteiger partial charge in [0.05, 0.1) is 5.92 Å². The molecular weight excluding hydrogens is 468 g/mol. The molecule has 1 amide bonds. The highest BCUT2D eigenvalue weighted by atomic mass is 35.5. The second-order valence-electron chi connectivity index (χ2n) is 6.67. The summed E-state index contributed by atoms with van der Waals surface area (Å²) >= 11 is 26.4. The average Bonchev–Trinajstić information content (AvgIpc) is 2.90. The SMILES string of the molecule is CC1(C)C(C=C(Cl)Cl)C1C(=O)Nc1nnc(SCc2ccc(Cl)cc2Cl)s1. The number of nitrogens with zero attached hydrogens (tertiary/aromatic N) is 2. The highest BCUT2D eigenvalue weighted by Crippen LogP contribution is 2.60. The van der Waals surface area contributed by atoms with E-state index in [1.54, 1.807) is 18.2 Å². The predicted octanol–water partition coefficient (Wildman–Crippen LogP) is 6.67. The van der Waals surface area contributed by atoms with Crippen LogP contribution in [0.2, 0.25) is 10.0 Å². The van der Waals surface area contributed by atoms with Crippen molar-refractivity contribution in [2.24, 2.45) is 17.3 Å². The van der Waals surface area contributed by atoms with Gasteiger partial charge >= 0.3 is 0 Å². The van der Waals surface area contributed by atoms with Crippen molar-refractivity contribution < 1.29 is 4.79 Å². The van der Waals surface area contributed by atoms with Crippen molar-refractivity contribution >= 4 is 80.5 Å². The molecule has 1 saturated carbocycles. The molecule has 1 aliphatic rings. The molecule has 1 fully saturated rings. The van der Waals surface area contributed by atoms with Crippen LogP contribution in [-0.4, -0.2) is 16.1 Å². The molecule has 2 aromatic rings. The summed E-state index contributed by atoms with van der Waals surface area (Å²) in [6, 6.07) is 5.39. The Hall–Kier alpha value is -0.500. The van der Waals surface area contributed by atoms with E-state index in [1.165, 1.54) is 23.1 Å². The summed E-state index contributed by atoms with van der Waals surface area (Å²) in [7, 11) is 0. The lowest BCUT2D eigenvalue weighted by Crippen LogP contribution is -2.16. The third-order valence-electron chi connectivity index (χ3n) is 4.50. The van der Waals surface area contributed by atoms with Crippen LogP contribution in [0.25, 0.3) is 0 Å². The van der Waals surface area contributed by atoms with Crippen LogP contribution in [0.15, 0.2) is 33.1 Å². The number of carbonyl (C=O) groups excluding carboxylic acids is 1. The Balaban J connectivity index is 1.58. The Bertz CT molecular complexity index is 896. The molecule has 2 atom stereocenters. The van der Waals surface area contributed by atoms with Crippen LogP contribution < -0.4 is 5.32 Å². The fourth-order valence-electron chi connectivity index (χ4n) is 2.91. The number of halogens is 4. The number of rotatable bonds is 6. The van der Waals surface area contributed by atoms with Gasteiger partial charge in [0.1, 0.15) is 4.49 Å². The first-order chi connectivity index (χ1) is 12.7. The predicted molar refractivity (Wildman–Crippen MR) is 115 cm³/mol. The van der Waals surface area contributed by atoms with E-state index in [2.05, 4.69) is 15.5 Å². The third kappa shape index (κ3) is 5.11. The van der Waals surface area contributed by atoms with Gasteiger partial charge in [-0.05, 0) is 35.1 Å². The summed E-state index contributed by atoms with van der Waals surface area (Å²) in [6.07, 6.45) is 1.71. The van der Waals surface area contributed by atoms with Gasteiger partial charge < -0.3 is 5.32 Å². The van der Waals surface area contributed by atoms with Crippen molar-refractivity contribution in [3.05, 3.63) is 44.4 Å². The number of anilines is 1. The highest BCUT2D eigenvalue weighted by molar-refractivity contribution is 8.00. The van der Waals surface area contributed by atoms with Crippen LogP contribution in [-0.2, 0) is 10.5 Å².